The fourth-order valence-corrected chi connectivity index (χ4v) is 2.24. The lowest BCUT2D eigenvalue weighted by molar-refractivity contribution is 0.474. The molecule has 0 aliphatic rings. The van der Waals surface area contributed by atoms with Gasteiger partial charge in [-0.2, -0.15) is 0 Å². The average molecular weight is 257 g/mol. The smallest absolute Gasteiger partial charge is 0.127 e. The van der Waals surface area contributed by atoms with E-state index in [2.05, 4.69) is 43.4 Å². The number of halogens is 1. The molecule has 0 heterocycles. The summed E-state index contributed by atoms with van der Waals surface area (Å²) in [5.41, 5.74) is 3.17. The van der Waals surface area contributed by atoms with Gasteiger partial charge in [0.05, 0.1) is 0 Å². The molecule has 2 heteroatoms. The van der Waals surface area contributed by atoms with Gasteiger partial charge < -0.3 is 5.32 Å². The normalized spacial score (nSPS) is 14.1. The van der Waals surface area contributed by atoms with Crippen LogP contribution < -0.4 is 5.32 Å². The largest absolute Gasteiger partial charge is 0.304 e. The molecule has 0 radical (unpaired) electrons. The van der Waals surface area contributed by atoms with E-state index in [0.717, 1.165) is 0 Å². The molecule has 2 aromatic carbocycles. The van der Waals surface area contributed by atoms with Gasteiger partial charge in [0.2, 0.25) is 0 Å². The highest BCUT2D eigenvalue weighted by molar-refractivity contribution is 5.25. The van der Waals surface area contributed by atoms with Gasteiger partial charge in [0.1, 0.15) is 5.82 Å². The van der Waals surface area contributed by atoms with Crippen LogP contribution in [0.3, 0.4) is 0 Å². The Balaban J connectivity index is 2.08. The number of hydrogen-bond acceptors (Lipinski definition) is 1. The molecule has 0 saturated carbocycles. The van der Waals surface area contributed by atoms with E-state index in [4.69, 9.17) is 0 Å². The van der Waals surface area contributed by atoms with E-state index >= 15 is 0 Å². The van der Waals surface area contributed by atoms with Crippen molar-refractivity contribution in [2.24, 2.45) is 0 Å². The molecule has 2 rings (SSSR count). The Bertz CT molecular complexity index is 533. The second-order valence-electron chi connectivity index (χ2n) is 5.04. The van der Waals surface area contributed by atoms with Crippen LogP contribution >= 0.6 is 0 Å². The maximum absolute atomic E-state index is 13.7. The summed E-state index contributed by atoms with van der Waals surface area (Å²) in [6, 6.07) is 15.5. The minimum absolute atomic E-state index is 0.0162. The van der Waals surface area contributed by atoms with Crippen molar-refractivity contribution >= 4 is 0 Å². The van der Waals surface area contributed by atoms with Gasteiger partial charge in [-0.25, -0.2) is 4.39 Å². The topological polar surface area (TPSA) is 12.0 Å². The van der Waals surface area contributed by atoms with E-state index in [1.807, 2.05) is 19.1 Å². The molecule has 0 aliphatic carbocycles. The van der Waals surface area contributed by atoms with Crippen LogP contribution in [-0.2, 0) is 0 Å². The van der Waals surface area contributed by atoms with Crippen LogP contribution in [0.4, 0.5) is 4.39 Å². The third-order valence-electron chi connectivity index (χ3n) is 3.45. The molecule has 0 aromatic heterocycles. The van der Waals surface area contributed by atoms with E-state index < -0.39 is 0 Å². The summed E-state index contributed by atoms with van der Waals surface area (Å²) >= 11 is 0. The molecular weight excluding hydrogens is 237 g/mol. The zero-order chi connectivity index (χ0) is 13.8. The van der Waals surface area contributed by atoms with Gasteiger partial charge in [0.15, 0.2) is 0 Å². The first-order chi connectivity index (χ1) is 9.08. The van der Waals surface area contributed by atoms with Crippen LogP contribution in [0.15, 0.2) is 48.5 Å². The lowest BCUT2D eigenvalue weighted by Crippen LogP contribution is -2.23. The first-order valence-electron chi connectivity index (χ1n) is 6.65. The number of nitrogens with one attached hydrogen (secondary N) is 1. The Hall–Kier alpha value is -1.67. The van der Waals surface area contributed by atoms with E-state index in [9.17, 15) is 4.39 Å². The number of benzene rings is 2. The van der Waals surface area contributed by atoms with Gasteiger partial charge in [-0.05, 0) is 32.4 Å². The minimum atomic E-state index is -0.154. The SMILES string of the molecule is Cc1ccc(C(C)N[C@H](C)c2ccccc2F)cc1. The molecule has 0 spiro atoms. The van der Waals surface area contributed by atoms with E-state index in [-0.39, 0.29) is 17.9 Å². The monoisotopic (exact) mass is 257 g/mol. The molecule has 0 amide bonds. The van der Waals surface area contributed by atoms with Gasteiger partial charge in [-0.1, -0.05) is 48.0 Å². The highest BCUT2D eigenvalue weighted by Crippen LogP contribution is 2.21. The molecule has 0 saturated heterocycles. The molecule has 1 unspecified atom stereocenters. The molecule has 0 fully saturated rings. The van der Waals surface area contributed by atoms with Crippen LogP contribution in [0.5, 0.6) is 0 Å². The van der Waals surface area contributed by atoms with Gasteiger partial charge in [-0.15, -0.1) is 0 Å². The zero-order valence-corrected chi connectivity index (χ0v) is 11.7. The summed E-state index contributed by atoms with van der Waals surface area (Å²) in [5.74, 6) is -0.154. The second kappa shape index (κ2) is 5.98. The fraction of sp³-hybridized carbons (Fsp3) is 0.294. The van der Waals surface area contributed by atoms with Gasteiger partial charge >= 0.3 is 0 Å². The van der Waals surface area contributed by atoms with Crippen LogP contribution in [0.1, 0.15) is 42.6 Å². The highest BCUT2D eigenvalue weighted by Gasteiger charge is 2.13. The summed E-state index contributed by atoms with van der Waals surface area (Å²) in [6.07, 6.45) is 0. The quantitative estimate of drug-likeness (QED) is 0.847. The van der Waals surface area contributed by atoms with Gasteiger partial charge in [0.25, 0.3) is 0 Å². The molecule has 2 atom stereocenters. The fourth-order valence-electron chi connectivity index (χ4n) is 2.24. The maximum atomic E-state index is 13.7. The summed E-state index contributed by atoms with van der Waals surface area (Å²) in [5, 5.41) is 3.43. The first-order valence-corrected chi connectivity index (χ1v) is 6.65. The summed E-state index contributed by atoms with van der Waals surface area (Å²) < 4.78 is 13.7. The predicted octanol–water partition coefficient (Wildman–Crippen LogP) is 4.55. The molecule has 100 valence electrons. The standard InChI is InChI=1S/C17H20FN/c1-12-8-10-15(11-9-12)13(2)19-14(3)16-6-4-5-7-17(16)18/h4-11,13-14,19H,1-3H3/t13?,14-/m1/s1. The van der Waals surface area contributed by atoms with Gasteiger partial charge in [0, 0.05) is 17.6 Å². The minimum Gasteiger partial charge on any atom is -0.304 e. The van der Waals surface area contributed by atoms with Crippen molar-refractivity contribution < 1.29 is 4.39 Å². The third kappa shape index (κ3) is 3.42. The molecule has 2 aromatic rings. The summed E-state index contributed by atoms with van der Waals surface area (Å²) in [7, 11) is 0. The maximum Gasteiger partial charge on any atom is 0.127 e. The number of hydrogen-bond donors (Lipinski definition) is 1. The van der Waals surface area contributed by atoms with Crippen LogP contribution in [-0.4, -0.2) is 0 Å². The van der Waals surface area contributed by atoms with Gasteiger partial charge in [-0.3, -0.25) is 0 Å². The van der Waals surface area contributed by atoms with Crippen molar-refractivity contribution in [3.05, 3.63) is 71.0 Å². The Morgan fingerprint density at radius 2 is 1.53 bits per heavy atom. The van der Waals surface area contributed by atoms with Crippen molar-refractivity contribution in [2.75, 3.05) is 0 Å². The van der Waals surface area contributed by atoms with Crippen molar-refractivity contribution in [3.63, 3.8) is 0 Å². The number of aryl methyl sites for hydroxylation is 1. The van der Waals surface area contributed by atoms with Crippen LogP contribution in [0.25, 0.3) is 0 Å². The Morgan fingerprint density at radius 3 is 2.16 bits per heavy atom. The summed E-state index contributed by atoms with van der Waals surface area (Å²) in [4.78, 5) is 0. The lowest BCUT2D eigenvalue weighted by Gasteiger charge is -2.21. The predicted molar refractivity (Wildman–Crippen MR) is 77.5 cm³/mol. The Morgan fingerprint density at radius 1 is 0.895 bits per heavy atom. The lowest BCUT2D eigenvalue weighted by atomic mass is 10.0. The van der Waals surface area contributed by atoms with E-state index in [1.54, 1.807) is 6.07 Å². The van der Waals surface area contributed by atoms with Crippen molar-refractivity contribution in [1.82, 2.24) is 5.32 Å². The second-order valence-corrected chi connectivity index (χ2v) is 5.04. The number of rotatable bonds is 4. The van der Waals surface area contributed by atoms with Crippen LogP contribution in [0.2, 0.25) is 0 Å². The average Bonchev–Trinajstić information content (AvgIpc) is 2.39. The molecule has 0 aliphatic heterocycles. The Kier molecular flexibility index (Phi) is 4.33. The van der Waals surface area contributed by atoms with Crippen molar-refractivity contribution in [2.45, 2.75) is 32.9 Å². The molecule has 1 nitrogen and oxygen atoms in total. The summed E-state index contributed by atoms with van der Waals surface area (Å²) in [6.45, 7) is 6.16. The van der Waals surface area contributed by atoms with Crippen molar-refractivity contribution in [1.29, 1.82) is 0 Å². The first kappa shape index (κ1) is 13.8. The molecule has 0 bridgehead atoms. The highest BCUT2D eigenvalue weighted by atomic mass is 19.1. The van der Waals surface area contributed by atoms with Crippen molar-refractivity contribution in [3.8, 4) is 0 Å². The third-order valence-corrected chi connectivity index (χ3v) is 3.45. The van der Waals surface area contributed by atoms with E-state index in [0.29, 0.717) is 5.56 Å². The molecule has 19 heavy (non-hydrogen) atoms. The van der Waals surface area contributed by atoms with Crippen LogP contribution in [0, 0.1) is 12.7 Å². The van der Waals surface area contributed by atoms with E-state index in [1.165, 1.54) is 17.2 Å². The zero-order valence-electron chi connectivity index (χ0n) is 11.7. The molecule has 1 N–H and O–H groups in total. The Labute approximate surface area is 114 Å². The molecular formula is C17H20FN.